The molecule has 1 aliphatic heterocycles. The maximum atomic E-state index is 5.74. The van der Waals surface area contributed by atoms with Crippen LogP contribution in [0.4, 0.5) is 0 Å². The Labute approximate surface area is 347 Å². The van der Waals surface area contributed by atoms with E-state index in [9.17, 15) is 0 Å². The Kier molecular flexibility index (Phi) is 12.1. The maximum absolute atomic E-state index is 5.74. The molecule has 2 aromatic carbocycles. The predicted octanol–water partition coefficient (Wildman–Crippen LogP) is 15.2. The minimum atomic E-state index is 0.127. The van der Waals surface area contributed by atoms with Gasteiger partial charge in [0.2, 0.25) is 0 Å². The molecule has 8 rings (SSSR count). The number of aliphatic imine (C=N–C) groups is 1. The van der Waals surface area contributed by atoms with Gasteiger partial charge in [0.25, 0.3) is 0 Å². The first kappa shape index (κ1) is 39.2. The number of benzene rings is 2. The number of allylic oxidation sites excluding steroid dienone is 21. The highest BCUT2D eigenvalue weighted by Gasteiger charge is 2.32. The molecular formula is C56H58N2. The lowest BCUT2D eigenvalue weighted by Gasteiger charge is -2.33. The standard InChI is InChI=1S/C56H58N2/c1-6-53-54(51-32-47(42-20-11-8-7-9-12-21-42)30-50(33-51)46-26-17-27-57-37-46)36-55(58-56(53)43-22-13-10-14-23-43)52-34-48(44-24-15-18-38(2)40(4)28-44)31-49(35-52)45-25-16-19-39(3)41(5)29-45/h8,10-13,15,17-21,23-24,26-38,41,53-54H,6-7,9,14,16,22,25H2,1-5H3. The van der Waals surface area contributed by atoms with Crippen LogP contribution in [0.5, 0.6) is 0 Å². The molecular weight excluding hydrogens is 701 g/mol. The number of pyridine rings is 1. The van der Waals surface area contributed by atoms with Crippen LogP contribution in [-0.4, -0.2) is 10.7 Å². The molecule has 0 radical (unpaired) electrons. The van der Waals surface area contributed by atoms with Gasteiger partial charge in [-0.2, -0.15) is 0 Å². The second-order valence-corrected chi connectivity index (χ2v) is 16.8. The number of nitrogens with zero attached hydrogens (tertiary/aromatic N) is 2. The molecule has 0 N–H and O–H groups in total. The highest BCUT2D eigenvalue weighted by molar-refractivity contribution is 6.07. The van der Waals surface area contributed by atoms with E-state index < -0.39 is 0 Å². The molecule has 0 bridgehead atoms. The largest absolute Gasteiger partial charge is 0.264 e. The van der Waals surface area contributed by atoms with Gasteiger partial charge < -0.3 is 0 Å². The number of aromatic nitrogens is 1. The van der Waals surface area contributed by atoms with Crippen molar-refractivity contribution >= 4 is 28.1 Å². The van der Waals surface area contributed by atoms with Crippen molar-refractivity contribution in [2.75, 3.05) is 0 Å². The summed E-state index contributed by atoms with van der Waals surface area (Å²) >= 11 is 0. The molecule has 4 atom stereocenters. The summed E-state index contributed by atoms with van der Waals surface area (Å²) in [5, 5.41) is 0. The second kappa shape index (κ2) is 17.9. The van der Waals surface area contributed by atoms with Crippen LogP contribution in [0.15, 0.2) is 174 Å². The summed E-state index contributed by atoms with van der Waals surface area (Å²) in [5.74, 6) is 1.18. The Bertz CT molecular complexity index is 2430. The SMILES string of the molecule is CCC1C(C2=CCC=CC2)=NC(c2cc(C3=CC=CC(C)C(C)=C3)cc(C3=CC(C)C(C)=CCC3)c2)=CC1c1cc(C2=CC=CCCC=C2)cc(-c2cccnc2)c1. The van der Waals surface area contributed by atoms with Crippen LogP contribution in [0, 0.1) is 17.8 Å². The molecule has 0 spiro atoms. The second-order valence-electron chi connectivity index (χ2n) is 16.8. The van der Waals surface area contributed by atoms with Crippen LogP contribution in [0.2, 0.25) is 0 Å². The molecule has 292 valence electrons. The fourth-order valence-electron chi connectivity index (χ4n) is 9.00. The maximum Gasteiger partial charge on any atom is 0.0672 e. The van der Waals surface area contributed by atoms with E-state index in [2.05, 4.69) is 173 Å². The van der Waals surface area contributed by atoms with E-state index >= 15 is 0 Å². The average Bonchev–Trinajstić information content (AvgIpc) is 3.53. The van der Waals surface area contributed by atoms with Crippen molar-refractivity contribution in [3.8, 4) is 11.1 Å². The molecule has 0 fully saturated rings. The Morgan fingerprint density at radius 2 is 1.48 bits per heavy atom. The van der Waals surface area contributed by atoms with Crippen LogP contribution in [0.25, 0.3) is 33.5 Å². The third-order valence-electron chi connectivity index (χ3n) is 12.8. The Morgan fingerprint density at radius 3 is 2.31 bits per heavy atom. The van der Waals surface area contributed by atoms with E-state index in [0.29, 0.717) is 11.8 Å². The van der Waals surface area contributed by atoms with Crippen LogP contribution in [0.3, 0.4) is 0 Å². The molecule has 0 amide bonds. The van der Waals surface area contributed by atoms with Gasteiger partial charge in [0.05, 0.1) is 5.70 Å². The van der Waals surface area contributed by atoms with Crippen LogP contribution in [0.1, 0.15) is 113 Å². The van der Waals surface area contributed by atoms with E-state index in [4.69, 9.17) is 4.99 Å². The monoisotopic (exact) mass is 758 g/mol. The normalized spacial score (nSPS) is 23.5. The van der Waals surface area contributed by atoms with Gasteiger partial charge >= 0.3 is 0 Å². The first-order chi connectivity index (χ1) is 28.3. The summed E-state index contributed by atoms with van der Waals surface area (Å²) in [6.45, 7) is 11.5. The number of hydrogen-bond acceptors (Lipinski definition) is 2. The molecule has 2 heteroatoms. The van der Waals surface area contributed by atoms with Gasteiger partial charge in [0.1, 0.15) is 0 Å². The van der Waals surface area contributed by atoms with Gasteiger partial charge in [-0.15, -0.1) is 0 Å². The molecule has 3 aromatic rings. The fraction of sp³-hybridized carbons (Fsp3) is 0.286. The van der Waals surface area contributed by atoms with Crippen molar-refractivity contribution in [3.05, 3.63) is 197 Å². The summed E-state index contributed by atoms with van der Waals surface area (Å²) in [5.41, 5.74) is 19.1. The lowest BCUT2D eigenvalue weighted by Crippen LogP contribution is -2.26. The summed E-state index contributed by atoms with van der Waals surface area (Å²) in [4.78, 5) is 10.3. The van der Waals surface area contributed by atoms with Crippen molar-refractivity contribution in [1.29, 1.82) is 0 Å². The summed E-state index contributed by atoms with van der Waals surface area (Å²) in [7, 11) is 0. The van der Waals surface area contributed by atoms with E-state index in [0.717, 1.165) is 56.2 Å². The molecule has 0 saturated heterocycles. The van der Waals surface area contributed by atoms with Crippen LogP contribution in [-0.2, 0) is 0 Å². The van der Waals surface area contributed by atoms with Gasteiger partial charge in [-0.05, 0) is 157 Å². The first-order valence-electron chi connectivity index (χ1n) is 21.7. The van der Waals surface area contributed by atoms with Gasteiger partial charge in [-0.3, -0.25) is 9.98 Å². The third-order valence-corrected chi connectivity index (χ3v) is 12.8. The topological polar surface area (TPSA) is 25.2 Å². The van der Waals surface area contributed by atoms with Crippen LogP contribution >= 0.6 is 0 Å². The smallest absolute Gasteiger partial charge is 0.0672 e. The van der Waals surface area contributed by atoms with Crippen molar-refractivity contribution in [1.82, 2.24) is 4.98 Å². The molecule has 58 heavy (non-hydrogen) atoms. The van der Waals surface area contributed by atoms with Crippen molar-refractivity contribution in [2.45, 2.75) is 85.5 Å². The minimum Gasteiger partial charge on any atom is -0.264 e. The molecule has 2 nitrogen and oxygen atoms in total. The van der Waals surface area contributed by atoms with Gasteiger partial charge in [-0.25, -0.2) is 0 Å². The number of rotatable bonds is 8. The lowest BCUT2D eigenvalue weighted by molar-refractivity contribution is 0.591. The van der Waals surface area contributed by atoms with E-state index in [1.54, 1.807) is 0 Å². The van der Waals surface area contributed by atoms with E-state index in [1.165, 1.54) is 72.5 Å². The lowest BCUT2D eigenvalue weighted by atomic mass is 9.74. The number of hydrogen-bond donors (Lipinski definition) is 0. The molecule has 4 unspecified atom stereocenters. The van der Waals surface area contributed by atoms with Crippen LogP contribution < -0.4 is 0 Å². The van der Waals surface area contributed by atoms with E-state index in [1.807, 2.05) is 18.5 Å². The Hall–Kier alpha value is -5.60. The summed E-state index contributed by atoms with van der Waals surface area (Å²) in [6, 6.07) is 18.7. The zero-order chi connectivity index (χ0) is 40.0. The zero-order valence-corrected chi connectivity index (χ0v) is 35.1. The highest BCUT2D eigenvalue weighted by atomic mass is 14.8. The summed E-state index contributed by atoms with van der Waals surface area (Å²) in [6.07, 6.45) is 46.1. The van der Waals surface area contributed by atoms with Crippen molar-refractivity contribution in [2.24, 2.45) is 22.7 Å². The van der Waals surface area contributed by atoms with E-state index in [-0.39, 0.29) is 11.8 Å². The fourth-order valence-corrected chi connectivity index (χ4v) is 9.00. The molecule has 0 saturated carbocycles. The molecule has 5 aliphatic rings. The third kappa shape index (κ3) is 8.77. The highest BCUT2D eigenvalue weighted by Crippen LogP contribution is 2.44. The average molecular weight is 759 g/mol. The minimum absolute atomic E-state index is 0.127. The Balaban J connectivity index is 1.34. The Morgan fingerprint density at radius 1 is 0.690 bits per heavy atom. The zero-order valence-electron chi connectivity index (χ0n) is 35.1. The molecule has 2 heterocycles. The summed E-state index contributed by atoms with van der Waals surface area (Å²) < 4.78 is 0. The van der Waals surface area contributed by atoms with Gasteiger partial charge in [0.15, 0.2) is 0 Å². The molecule has 4 aliphatic carbocycles. The quantitative estimate of drug-likeness (QED) is 0.210. The van der Waals surface area contributed by atoms with Gasteiger partial charge in [-0.1, -0.05) is 135 Å². The van der Waals surface area contributed by atoms with Gasteiger partial charge in [0, 0.05) is 41.1 Å². The van der Waals surface area contributed by atoms with Crippen molar-refractivity contribution in [3.63, 3.8) is 0 Å². The van der Waals surface area contributed by atoms with Crippen molar-refractivity contribution < 1.29 is 0 Å². The predicted molar refractivity (Wildman–Crippen MR) is 250 cm³/mol. The molecule has 1 aromatic heterocycles. The first-order valence-corrected chi connectivity index (χ1v) is 21.7.